The SMILES string of the molecule is Cc1cc(C)c(CNc2ccc(C(C)C)cc2)c(C)c1. The van der Waals surface area contributed by atoms with E-state index in [4.69, 9.17) is 0 Å². The van der Waals surface area contributed by atoms with E-state index in [1.54, 1.807) is 0 Å². The normalized spacial score (nSPS) is 10.9. The molecular formula is C19H25N. The molecule has 0 aromatic heterocycles. The molecule has 20 heavy (non-hydrogen) atoms. The number of hydrogen-bond donors (Lipinski definition) is 1. The lowest BCUT2D eigenvalue weighted by Gasteiger charge is -2.14. The van der Waals surface area contributed by atoms with Crippen molar-refractivity contribution >= 4 is 5.69 Å². The number of benzene rings is 2. The molecular weight excluding hydrogens is 242 g/mol. The van der Waals surface area contributed by atoms with Crippen molar-refractivity contribution in [2.24, 2.45) is 0 Å². The van der Waals surface area contributed by atoms with E-state index in [-0.39, 0.29) is 0 Å². The van der Waals surface area contributed by atoms with Crippen molar-refractivity contribution in [3.8, 4) is 0 Å². The van der Waals surface area contributed by atoms with E-state index in [9.17, 15) is 0 Å². The molecule has 0 atom stereocenters. The summed E-state index contributed by atoms with van der Waals surface area (Å²) < 4.78 is 0. The fourth-order valence-corrected chi connectivity index (χ4v) is 2.67. The minimum atomic E-state index is 0.589. The Morgan fingerprint density at radius 1 is 0.900 bits per heavy atom. The van der Waals surface area contributed by atoms with Gasteiger partial charge in [0.05, 0.1) is 0 Å². The Hall–Kier alpha value is -1.76. The molecule has 0 saturated carbocycles. The number of aryl methyl sites for hydroxylation is 3. The van der Waals surface area contributed by atoms with Gasteiger partial charge in [0.25, 0.3) is 0 Å². The zero-order valence-corrected chi connectivity index (χ0v) is 13.2. The van der Waals surface area contributed by atoms with E-state index in [1.165, 1.54) is 33.5 Å². The molecule has 0 aliphatic rings. The molecule has 2 aromatic carbocycles. The molecule has 0 radical (unpaired) electrons. The Kier molecular flexibility index (Phi) is 4.49. The Bertz CT molecular complexity index is 556. The molecule has 0 fully saturated rings. The monoisotopic (exact) mass is 267 g/mol. The average molecular weight is 267 g/mol. The van der Waals surface area contributed by atoms with Crippen LogP contribution in [0.1, 0.15) is 47.6 Å². The van der Waals surface area contributed by atoms with Crippen molar-refractivity contribution in [1.29, 1.82) is 0 Å². The predicted molar refractivity (Wildman–Crippen MR) is 88.5 cm³/mol. The first-order valence-electron chi connectivity index (χ1n) is 7.38. The van der Waals surface area contributed by atoms with Gasteiger partial charge in [0, 0.05) is 12.2 Å². The van der Waals surface area contributed by atoms with Gasteiger partial charge in [0.15, 0.2) is 0 Å². The molecule has 2 aromatic rings. The maximum atomic E-state index is 3.53. The Labute approximate surface area is 123 Å². The molecule has 1 N–H and O–H groups in total. The lowest BCUT2D eigenvalue weighted by atomic mass is 9.99. The zero-order valence-electron chi connectivity index (χ0n) is 13.2. The molecule has 0 aliphatic heterocycles. The topological polar surface area (TPSA) is 12.0 Å². The second kappa shape index (κ2) is 6.13. The highest BCUT2D eigenvalue weighted by atomic mass is 14.9. The highest BCUT2D eigenvalue weighted by molar-refractivity contribution is 5.47. The highest BCUT2D eigenvalue weighted by Gasteiger charge is 2.04. The van der Waals surface area contributed by atoms with Crippen molar-refractivity contribution in [1.82, 2.24) is 0 Å². The van der Waals surface area contributed by atoms with Crippen LogP contribution in [0.4, 0.5) is 5.69 Å². The Balaban J connectivity index is 2.09. The third-order valence-corrected chi connectivity index (χ3v) is 3.89. The second-order valence-corrected chi connectivity index (χ2v) is 6.01. The van der Waals surface area contributed by atoms with Crippen LogP contribution in [0, 0.1) is 20.8 Å². The van der Waals surface area contributed by atoms with E-state index in [0.29, 0.717) is 5.92 Å². The average Bonchev–Trinajstić information content (AvgIpc) is 2.38. The number of hydrogen-bond acceptors (Lipinski definition) is 1. The smallest absolute Gasteiger partial charge is 0.0406 e. The van der Waals surface area contributed by atoms with E-state index in [1.807, 2.05) is 0 Å². The summed E-state index contributed by atoms with van der Waals surface area (Å²) in [7, 11) is 0. The van der Waals surface area contributed by atoms with Crippen LogP contribution in [0.25, 0.3) is 0 Å². The van der Waals surface area contributed by atoms with Crippen molar-refractivity contribution in [2.75, 3.05) is 5.32 Å². The van der Waals surface area contributed by atoms with Crippen molar-refractivity contribution < 1.29 is 0 Å². The van der Waals surface area contributed by atoms with E-state index in [2.05, 4.69) is 76.3 Å². The van der Waals surface area contributed by atoms with E-state index in [0.717, 1.165) is 6.54 Å². The van der Waals surface area contributed by atoms with Crippen LogP contribution < -0.4 is 5.32 Å². The first-order valence-corrected chi connectivity index (χ1v) is 7.38. The minimum absolute atomic E-state index is 0.589. The molecule has 2 rings (SSSR count). The predicted octanol–water partition coefficient (Wildman–Crippen LogP) is 5.35. The summed E-state index contributed by atoms with van der Waals surface area (Å²) in [5, 5.41) is 3.53. The fourth-order valence-electron chi connectivity index (χ4n) is 2.67. The molecule has 1 nitrogen and oxygen atoms in total. The summed E-state index contributed by atoms with van der Waals surface area (Å²) in [5.41, 5.74) is 8.06. The zero-order chi connectivity index (χ0) is 14.7. The fraction of sp³-hybridized carbons (Fsp3) is 0.368. The lowest BCUT2D eigenvalue weighted by molar-refractivity contribution is 0.866. The largest absolute Gasteiger partial charge is 0.381 e. The van der Waals surface area contributed by atoms with Crippen LogP contribution in [-0.2, 0) is 6.54 Å². The molecule has 0 aliphatic carbocycles. The number of nitrogens with one attached hydrogen (secondary N) is 1. The molecule has 0 unspecified atom stereocenters. The summed E-state index contributed by atoms with van der Waals surface area (Å²) in [6.07, 6.45) is 0. The lowest BCUT2D eigenvalue weighted by Crippen LogP contribution is -2.04. The van der Waals surface area contributed by atoms with Crippen LogP contribution in [-0.4, -0.2) is 0 Å². The maximum absolute atomic E-state index is 3.53. The second-order valence-electron chi connectivity index (χ2n) is 6.01. The molecule has 0 bridgehead atoms. The first-order chi connectivity index (χ1) is 9.47. The standard InChI is InChI=1S/C19H25N/c1-13(2)17-6-8-18(9-7-17)20-12-19-15(4)10-14(3)11-16(19)5/h6-11,13,20H,12H2,1-5H3. The third kappa shape index (κ3) is 3.41. The van der Waals surface area contributed by atoms with Crippen LogP contribution in [0.3, 0.4) is 0 Å². The Morgan fingerprint density at radius 2 is 1.45 bits per heavy atom. The van der Waals surface area contributed by atoms with Crippen molar-refractivity contribution in [2.45, 2.75) is 47.1 Å². The van der Waals surface area contributed by atoms with Gasteiger partial charge in [-0.2, -0.15) is 0 Å². The minimum Gasteiger partial charge on any atom is -0.381 e. The third-order valence-electron chi connectivity index (χ3n) is 3.89. The van der Waals surface area contributed by atoms with Gasteiger partial charge in [-0.25, -0.2) is 0 Å². The van der Waals surface area contributed by atoms with E-state index >= 15 is 0 Å². The molecule has 1 heteroatoms. The van der Waals surface area contributed by atoms with Crippen molar-refractivity contribution in [3.63, 3.8) is 0 Å². The summed E-state index contributed by atoms with van der Waals surface area (Å²) in [5.74, 6) is 0.589. The molecule has 0 spiro atoms. The highest BCUT2D eigenvalue weighted by Crippen LogP contribution is 2.20. The van der Waals surface area contributed by atoms with Gasteiger partial charge in [0.2, 0.25) is 0 Å². The number of rotatable bonds is 4. The van der Waals surface area contributed by atoms with Crippen LogP contribution >= 0.6 is 0 Å². The van der Waals surface area contributed by atoms with Crippen LogP contribution in [0.2, 0.25) is 0 Å². The summed E-state index contributed by atoms with van der Waals surface area (Å²) >= 11 is 0. The molecule has 106 valence electrons. The van der Waals surface area contributed by atoms with Gasteiger partial charge in [0.1, 0.15) is 0 Å². The summed E-state index contributed by atoms with van der Waals surface area (Å²) in [6.45, 7) is 11.9. The van der Waals surface area contributed by atoms with Gasteiger partial charge < -0.3 is 5.32 Å². The Morgan fingerprint density at radius 3 is 1.95 bits per heavy atom. The van der Waals surface area contributed by atoms with Crippen LogP contribution in [0.5, 0.6) is 0 Å². The number of anilines is 1. The van der Waals surface area contributed by atoms with Crippen molar-refractivity contribution in [3.05, 3.63) is 64.2 Å². The van der Waals surface area contributed by atoms with Gasteiger partial charge in [-0.15, -0.1) is 0 Å². The van der Waals surface area contributed by atoms with Gasteiger partial charge >= 0.3 is 0 Å². The summed E-state index contributed by atoms with van der Waals surface area (Å²) in [6, 6.07) is 13.3. The van der Waals surface area contributed by atoms with Gasteiger partial charge in [-0.3, -0.25) is 0 Å². The summed E-state index contributed by atoms with van der Waals surface area (Å²) in [4.78, 5) is 0. The first kappa shape index (κ1) is 14.6. The van der Waals surface area contributed by atoms with E-state index < -0.39 is 0 Å². The van der Waals surface area contributed by atoms with Gasteiger partial charge in [-0.05, 0) is 61.1 Å². The molecule has 0 heterocycles. The van der Waals surface area contributed by atoms with Gasteiger partial charge in [-0.1, -0.05) is 43.7 Å². The molecule has 0 saturated heterocycles. The van der Waals surface area contributed by atoms with Crippen LogP contribution in [0.15, 0.2) is 36.4 Å². The molecule has 0 amide bonds. The maximum Gasteiger partial charge on any atom is 0.0406 e. The quantitative estimate of drug-likeness (QED) is 0.787.